The minimum atomic E-state index is 0. The van der Waals surface area contributed by atoms with E-state index in [2.05, 4.69) is 0 Å². The summed E-state index contributed by atoms with van der Waals surface area (Å²) in [5.74, 6) is 0. The van der Waals surface area contributed by atoms with Crippen LogP contribution in [0.4, 0.5) is 0 Å². The molecular weight excluding hydrogens is 207 g/mol. The van der Waals surface area contributed by atoms with Gasteiger partial charge < -0.3 is 0 Å². The summed E-state index contributed by atoms with van der Waals surface area (Å²) in [4.78, 5) is 0. The van der Waals surface area contributed by atoms with Crippen molar-refractivity contribution >= 4 is 11.0 Å². The third kappa shape index (κ3) is 9.13. The Balaban J connectivity index is 0. The van der Waals surface area contributed by atoms with E-state index in [0.29, 0.717) is 0 Å². The number of hydrogen-bond acceptors (Lipinski definition) is 0. The minimum absolute atomic E-state index is 0. The molecular formula is H4MnNiSiZn. The van der Waals surface area contributed by atoms with Gasteiger partial charge in [-0.25, -0.2) is 0 Å². The first-order valence-corrected chi connectivity index (χ1v) is 0. The molecule has 0 aliphatic heterocycles. The van der Waals surface area contributed by atoms with Crippen molar-refractivity contribution in [3.05, 3.63) is 0 Å². The van der Waals surface area contributed by atoms with E-state index in [1.807, 2.05) is 0 Å². The molecule has 0 aromatic heterocycles. The van der Waals surface area contributed by atoms with Crippen LogP contribution in [0.1, 0.15) is 0 Å². The average Bonchev–Trinajstić information content (AvgIpc) is 0. The van der Waals surface area contributed by atoms with E-state index in [1.165, 1.54) is 0 Å². The SMILES string of the molecule is [Mn].[Ni].[SiH4].[Zn]. The molecule has 0 aromatic rings. The Kier molecular flexibility index (Phi) is 211. The van der Waals surface area contributed by atoms with Crippen molar-refractivity contribution in [2.75, 3.05) is 0 Å². The second-order valence-electron chi connectivity index (χ2n) is 0. The first kappa shape index (κ1) is 40.1. The van der Waals surface area contributed by atoms with Crippen molar-refractivity contribution in [1.29, 1.82) is 0 Å². The topological polar surface area (TPSA) is 0 Å². The third-order valence-corrected chi connectivity index (χ3v) is 0. The molecule has 0 aliphatic rings. The second-order valence-corrected chi connectivity index (χ2v) is 0. The van der Waals surface area contributed by atoms with Crippen molar-refractivity contribution in [2.24, 2.45) is 0 Å². The van der Waals surface area contributed by atoms with Gasteiger partial charge in [-0.15, -0.1) is 0 Å². The molecule has 0 N–H and O–H groups in total. The van der Waals surface area contributed by atoms with Crippen LogP contribution in [0.25, 0.3) is 0 Å². The van der Waals surface area contributed by atoms with Gasteiger partial charge in [-0.3, -0.25) is 0 Å². The van der Waals surface area contributed by atoms with Crippen LogP contribution >= 0.6 is 0 Å². The van der Waals surface area contributed by atoms with Gasteiger partial charge in [0.25, 0.3) is 0 Å². The zero-order valence-electron chi connectivity index (χ0n) is 1.40. The zero-order valence-corrected chi connectivity index (χ0v) is 6.54. The van der Waals surface area contributed by atoms with Gasteiger partial charge in [0.2, 0.25) is 0 Å². The van der Waals surface area contributed by atoms with E-state index in [9.17, 15) is 0 Å². The van der Waals surface area contributed by atoms with Crippen molar-refractivity contribution in [1.82, 2.24) is 0 Å². The smallest absolute Gasteiger partial charge is 0 e. The summed E-state index contributed by atoms with van der Waals surface area (Å²) < 4.78 is 0. The first-order valence-electron chi connectivity index (χ1n) is 0. The molecule has 0 rings (SSSR count). The molecule has 0 atom stereocenters. The van der Waals surface area contributed by atoms with Gasteiger partial charge in [0, 0.05) is 53.0 Å². The summed E-state index contributed by atoms with van der Waals surface area (Å²) in [7, 11) is 0. The van der Waals surface area contributed by atoms with E-state index < -0.39 is 0 Å². The summed E-state index contributed by atoms with van der Waals surface area (Å²) in [5.41, 5.74) is 0. The summed E-state index contributed by atoms with van der Waals surface area (Å²) in [5, 5.41) is 0. The maximum Gasteiger partial charge on any atom is 0 e. The average molecular weight is 211 g/mol. The van der Waals surface area contributed by atoms with Gasteiger partial charge >= 0.3 is 0 Å². The van der Waals surface area contributed by atoms with E-state index in [-0.39, 0.29) is 64.0 Å². The molecule has 27 valence electrons. The standard InChI is InChI=1S/Mn.Ni.H4Si.Zn/h;;1H4;. The number of rotatable bonds is 0. The van der Waals surface area contributed by atoms with Crippen LogP contribution in [0, 0.1) is 0 Å². The molecule has 0 heterocycles. The van der Waals surface area contributed by atoms with Crippen LogP contribution < -0.4 is 0 Å². The largest absolute Gasteiger partial charge is 0.0149 e. The minimum Gasteiger partial charge on any atom is -0.0149 e. The predicted molar refractivity (Wildman–Crippen MR) is 11.3 cm³/mol. The Morgan fingerprint density at radius 3 is 1.00 bits per heavy atom. The Hall–Kier alpha value is 1.85. The van der Waals surface area contributed by atoms with Crippen molar-refractivity contribution in [3.63, 3.8) is 0 Å². The maximum absolute atomic E-state index is 0. The fourth-order valence-electron chi connectivity index (χ4n) is 0. The Morgan fingerprint density at radius 1 is 1.00 bits per heavy atom. The van der Waals surface area contributed by atoms with Crippen LogP contribution in [-0.2, 0) is 53.0 Å². The fraction of sp³-hybridized carbons (Fsp3) is 0. The first-order chi connectivity index (χ1) is 0. The molecule has 0 fully saturated rings. The van der Waals surface area contributed by atoms with Crippen molar-refractivity contribution in [2.45, 2.75) is 0 Å². The molecule has 0 aliphatic carbocycles. The monoisotopic (exact) mass is 209 g/mol. The molecule has 0 amide bonds. The molecule has 0 saturated carbocycles. The molecule has 0 nitrogen and oxygen atoms in total. The Bertz CT molecular complexity index is 8.00. The van der Waals surface area contributed by atoms with E-state index in [4.69, 9.17) is 0 Å². The van der Waals surface area contributed by atoms with Gasteiger partial charge in [0.1, 0.15) is 0 Å². The molecule has 0 aromatic carbocycles. The van der Waals surface area contributed by atoms with Crippen LogP contribution in [0.5, 0.6) is 0 Å². The van der Waals surface area contributed by atoms with E-state index in [1.54, 1.807) is 0 Å². The molecule has 0 spiro atoms. The molecule has 1 radical (unpaired) electrons. The molecule has 0 saturated heterocycles. The van der Waals surface area contributed by atoms with Gasteiger partial charge in [-0.05, 0) is 11.0 Å². The predicted octanol–water partition coefficient (Wildman–Crippen LogP) is -1.46. The van der Waals surface area contributed by atoms with Crippen LogP contribution in [0.15, 0.2) is 0 Å². The van der Waals surface area contributed by atoms with E-state index >= 15 is 0 Å². The molecule has 0 bridgehead atoms. The molecule has 0 unspecified atom stereocenters. The Morgan fingerprint density at radius 2 is 1.00 bits per heavy atom. The van der Waals surface area contributed by atoms with Crippen LogP contribution in [-0.4, -0.2) is 11.0 Å². The van der Waals surface area contributed by atoms with Crippen molar-refractivity contribution < 1.29 is 53.0 Å². The summed E-state index contributed by atoms with van der Waals surface area (Å²) in [6, 6.07) is 0. The number of hydrogen-bond donors (Lipinski definition) is 0. The Labute approximate surface area is 63.7 Å². The quantitative estimate of drug-likeness (QED) is 0.430. The van der Waals surface area contributed by atoms with Gasteiger partial charge in [-0.1, -0.05) is 0 Å². The summed E-state index contributed by atoms with van der Waals surface area (Å²) in [6.07, 6.45) is 0. The van der Waals surface area contributed by atoms with Gasteiger partial charge in [0.15, 0.2) is 0 Å². The second kappa shape index (κ2) is 21.0. The fourth-order valence-corrected chi connectivity index (χ4v) is 0. The van der Waals surface area contributed by atoms with Crippen molar-refractivity contribution in [3.8, 4) is 0 Å². The molecule has 4 heteroatoms. The normalized spacial score (nSPS) is 0. The third-order valence-electron chi connectivity index (χ3n) is 0. The maximum atomic E-state index is 0. The van der Waals surface area contributed by atoms with Crippen LogP contribution in [0.2, 0.25) is 0 Å². The van der Waals surface area contributed by atoms with Gasteiger partial charge in [0.05, 0.1) is 0 Å². The van der Waals surface area contributed by atoms with Gasteiger partial charge in [-0.2, -0.15) is 0 Å². The van der Waals surface area contributed by atoms with E-state index in [0.717, 1.165) is 0 Å². The zero-order chi connectivity index (χ0) is 0. The summed E-state index contributed by atoms with van der Waals surface area (Å²) in [6.45, 7) is 0. The molecule has 4 heavy (non-hydrogen) atoms. The summed E-state index contributed by atoms with van der Waals surface area (Å²) >= 11 is 0. The van der Waals surface area contributed by atoms with Crippen LogP contribution in [0.3, 0.4) is 0 Å².